The zero-order valence-corrected chi connectivity index (χ0v) is 18.5. The number of methoxy groups -OCH3 is 1. The van der Waals surface area contributed by atoms with Gasteiger partial charge in [0.05, 0.1) is 30.8 Å². The first-order valence-corrected chi connectivity index (χ1v) is 10.6. The van der Waals surface area contributed by atoms with Gasteiger partial charge in [0.1, 0.15) is 6.61 Å². The molecule has 1 unspecified atom stereocenters. The molecular formula is C23H36O7. The molecule has 2 bridgehead atoms. The predicted octanol–water partition coefficient (Wildman–Crippen LogP) is 2.28. The number of fused-ring (bicyclic) bond motifs is 2. The minimum absolute atomic E-state index is 0.0360. The van der Waals surface area contributed by atoms with Crippen molar-refractivity contribution in [3.8, 4) is 0 Å². The van der Waals surface area contributed by atoms with Gasteiger partial charge in [0, 0.05) is 6.92 Å². The number of ether oxygens (including phenoxy) is 2. The Hall–Kier alpha value is -1.70. The highest BCUT2D eigenvalue weighted by Gasteiger charge is 2.57. The molecule has 0 aromatic heterocycles. The van der Waals surface area contributed by atoms with E-state index < -0.39 is 47.0 Å². The lowest BCUT2D eigenvalue weighted by molar-refractivity contribution is -0.170. The van der Waals surface area contributed by atoms with Crippen LogP contribution in [0.2, 0.25) is 0 Å². The van der Waals surface area contributed by atoms with Crippen LogP contribution in [0.15, 0.2) is 23.8 Å². The van der Waals surface area contributed by atoms with Gasteiger partial charge < -0.3 is 24.8 Å². The van der Waals surface area contributed by atoms with Crippen molar-refractivity contribution in [1.82, 2.24) is 0 Å². The standard InChI is InChI=1S/C23H36O7/c1-14(2)18(25)7-6-16(12-30-15(3)24)17-8-10-22(4)13-23(28,11-9-19(22)26)20(17)21(27)29-5/h6,17-20,25-26,28H,1,7-13H2,2-5H3/b16-6-/t17-,18?,19-,20+,22+,23-/m1/s1. The first kappa shape index (κ1) is 24.6. The number of rotatable bonds is 7. The Kier molecular flexibility index (Phi) is 7.88. The number of carbonyl (C=O) groups is 2. The fraction of sp³-hybridized carbons (Fsp3) is 0.739. The Balaban J connectivity index is 2.48. The molecule has 6 atom stereocenters. The smallest absolute Gasteiger partial charge is 0.312 e. The van der Waals surface area contributed by atoms with Crippen LogP contribution in [0.4, 0.5) is 0 Å². The van der Waals surface area contributed by atoms with Crippen molar-refractivity contribution in [1.29, 1.82) is 0 Å². The van der Waals surface area contributed by atoms with Crippen LogP contribution in [0, 0.1) is 17.3 Å². The predicted molar refractivity (Wildman–Crippen MR) is 111 cm³/mol. The number of aliphatic hydroxyl groups is 3. The lowest BCUT2D eigenvalue weighted by atomic mass is 9.63. The Morgan fingerprint density at radius 3 is 2.50 bits per heavy atom. The summed E-state index contributed by atoms with van der Waals surface area (Å²) in [6, 6.07) is 0. The van der Waals surface area contributed by atoms with E-state index in [1.54, 1.807) is 13.0 Å². The fourth-order valence-electron chi connectivity index (χ4n) is 5.06. The zero-order valence-electron chi connectivity index (χ0n) is 18.5. The van der Waals surface area contributed by atoms with Crippen LogP contribution in [0.5, 0.6) is 0 Å². The van der Waals surface area contributed by atoms with E-state index >= 15 is 0 Å². The van der Waals surface area contributed by atoms with Crippen molar-refractivity contribution in [2.45, 2.75) is 77.1 Å². The van der Waals surface area contributed by atoms with Crippen molar-refractivity contribution in [2.75, 3.05) is 13.7 Å². The van der Waals surface area contributed by atoms with Crippen molar-refractivity contribution in [3.63, 3.8) is 0 Å². The van der Waals surface area contributed by atoms with E-state index in [0.29, 0.717) is 36.8 Å². The van der Waals surface area contributed by atoms with E-state index in [4.69, 9.17) is 9.47 Å². The summed E-state index contributed by atoms with van der Waals surface area (Å²) in [6.07, 6.45) is 2.84. The lowest BCUT2D eigenvalue weighted by Crippen LogP contribution is -2.53. The summed E-state index contributed by atoms with van der Waals surface area (Å²) >= 11 is 0. The second-order valence-electron chi connectivity index (χ2n) is 9.29. The molecule has 2 fully saturated rings. The molecule has 0 saturated heterocycles. The maximum Gasteiger partial charge on any atom is 0.312 e. The Bertz CT molecular complexity index is 700. The zero-order chi connectivity index (χ0) is 22.7. The highest BCUT2D eigenvalue weighted by atomic mass is 16.5. The van der Waals surface area contributed by atoms with Gasteiger partial charge in [-0.25, -0.2) is 0 Å². The minimum Gasteiger partial charge on any atom is -0.469 e. The summed E-state index contributed by atoms with van der Waals surface area (Å²) in [7, 11) is 1.30. The number of hydrogen-bond acceptors (Lipinski definition) is 7. The van der Waals surface area contributed by atoms with Crippen LogP contribution in [-0.4, -0.2) is 58.8 Å². The average Bonchev–Trinajstić information content (AvgIpc) is 2.77. The molecule has 170 valence electrons. The normalized spacial score (nSPS) is 35.2. The molecule has 30 heavy (non-hydrogen) atoms. The largest absolute Gasteiger partial charge is 0.469 e. The second-order valence-corrected chi connectivity index (χ2v) is 9.29. The fourth-order valence-corrected chi connectivity index (χ4v) is 5.06. The Morgan fingerprint density at radius 1 is 1.27 bits per heavy atom. The van der Waals surface area contributed by atoms with Gasteiger partial charge in [-0.1, -0.05) is 25.2 Å². The van der Waals surface area contributed by atoms with Crippen molar-refractivity contribution < 1.29 is 34.4 Å². The van der Waals surface area contributed by atoms with Crippen LogP contribution in [-0.2, 0) is 19.1 Å². The quantitative estimate of drug-likeness (QED) is 0.424. The van der Waals surface area contributed by atoms with Gasteiger partial charge in [-0.3, -0.25) is 9.59 Å². The van der Waals surface area contributed by atoms with Gasteiger partial charge in [-0.15, -0.1) is 0 Å². The molecule has 7 heteroatoms. The summed E-state index contributed by atoms with van der Waals surface area (Å²) in [5.41, 5.74) is -0.573. The first-order valence-electron chi connectivity index (χ1n) is 10.6. The summed E-state index contributed by atoms with van der Waals surface area (Å²) in [5.74, 6) is -2.26. The third kappa shape index (κ3) is 5.31. The molecule has 0 heterocycles. The molecule has 0 spiro atoms. The van der Waals surface area contributed by atoms with Crippen LogP contribution in [0.1, 0.15) is 59.3 Å². The summed E-state index contributed by atoms with van der Waals surface area (Å²) in [4.78, 5) is 24.3. The summed E-state index contributed by atoms with van der Waals surface area (Å²) in [5, 5.41) is 32.3. The maximum absolute atomic E-state index is 12.9. The Labute approximate surface area is 178 Å². The first-order chi connectivity index (χ1) is 13.9. The molecule has 2 aliphatic carbocycles. The SMILES string of the molecule is C=C(C)C(O)C/C=C(/COC(C)=O)[C@H]1CC[C@@]2(C)C[C@](O)(CC[C@H]2O)[C@@H]1C(=O)OC. The molecule has 2 rings (SSSR count). The van der Waals surface area contributed by atoms with E-state index in [1.807, 2.05) is 6.92 Å². The molecule has 0 radical (unpaired) electrons. The van der Waals surface area contributed by atoms with E-state index in [0.717, 1.165) is 0 Å². The average molecular weight is 425 g/mol. The van der Waals surface area contributed by atoms with E-state index in [9.17, 15) is 24.9 Å². The molecule has 0 aromatic rings. The van der Waals surface area contributed by atoms with Gasteiger partial charge in [-0.05, 0) is 62.4 Å². The molecular weight excluding hydrogens is 388 g/mol. The van der Waals surface area contributed by atoms with E-state index in [1.165, 1.54) is 14.0 Å². The minimum atomic E-state index is -1.33. The Morgan fingerprint density at radius 2 is 1.93 bits per heavy atom. The van der Waals surface area contributed by atoms with Crippen molar-refractivity contribution in [3.05, 3.63) is 23.8 Å². The monoisotopic (exact) mass is 424 g/mol. The molecule has 2 saturated carbocycles. The van der Waals surface area contributed by atoms with Gasteiger partial charge in [0.25, 0.3) is 0 Å². The van der Waals surface area contributed by atoms with Crippen LogP contribution in [0.25, 0.3) is 0 Å². The number of esters is 2. The molecule has 0 amide bonds. The van der Waals surface area contributed by atoms with E-state index in [2.05, 4.69) is 6.58 Å². The van der Waals surface area contributed by atoms with Gasteiger partial charge in [0.15, 0.2) is 0 Å². The number of carbonyl (C=O) groups excluding carboxylic acids is 2. The second kappa shape index (κ2) is 9.62. The maximum atomic E-state index is 12.9. The molecule has 0 aliphatic heterocycles. The number of hydrogen-bond donors (Lipinski definition) is 3. The van der Waals surface area contributed by atoms with Gasteiger partial charge in [-0.2, -0.15) is 0 Å². The topological polar surface area (TPSA) is 113 Å². The van der Waals surface area contributed by atoms with Gasteiger partial charge in [0.2, 0.25) is 0 Å². The summed E-state index contributed by atoms with van der Waals surface area (Å²) in [6.45, 7) is 8.70. The van der Waals surface area contributed by atoms with Crippen LogP contribution < -0.4 is 0 Å². The van der Waals surface area contributed by atoms with E-state index in [-0.39, 0.29) is 19.4 Å². The van der Waals surface area contributed by atoms with Crippen molar-refractivity contribution >= 4 is 11.9 Å². The molecule has 2 aliphatic rings. The third-order valence-corrected chi connectivity index (χ3v) is 6.92. The van der Waals surface area contributed by atoms with Gasteiger partial charge >= 0.3 is 11.9 Å². The molecule has 0 aromatic carbocycles. The van der Waals surface area contributed by atoms with Crippen molar-refractivity contribution in [2.24, 2.45) is 17.3 Å². The summed E-state index contributed by atoms with van der Waals surface area (Å²) < 4.78 is 10.3. The third-order valence-electron chi connectivity index (χ3n) is 6.92. The highest BCUT2D eigenvalue weighted by molar-refractivity contribution is 5.75. The lowest BCUT2D eigenvalue weighted by Gasteiger charge is -2.47. The molecule has 3 N–H and O–H groups in total. The molecule has 7 nitrogen and oxygen atoms in total. The number of aliphatic hydroxyl groups excluding tert-OH is 2. The van der Waals surface area contributed by atoms with Crippen LogP contribution >= 0.6 is 0 Å². The highest BCUT2D eigenvalue weighted by Crippen LogP contribution is 2.54. The van der Waals surface area contributed by atoms with Crippen LogP contribution in [0.3, 0.4) is 0 Å².